The molecule has 138 valence electrons. The average Bonchev–Trinajstić information content (AvgIpc) is 3.21. The monoisotopic (exact) mass is 359 g/mol. The number of anilines is 2. The number of ether oxygens (including phenoxy) is 1. The summed E-state index contributed by atoms with van der Waals surface area (Å²) in [5.41, 5.74) is 1.87. The first kappa shape index (κ1) is 17.9. The number of aryl methyl sites for hydroxylation is 2. The van der Waals surface area contributed by atoms with E-state index < -0.39 is 11.0 Å². The molecule has 1 aromatic carbocycles. The molecule has 1 fully saturated rings. The van der Waals surface area contributed by atoms with Crippen molar-refractivity contribution in [2.45, 2.75) is 32.4 Å². The van der Waals surface area contributed by atoms with Gasteiger partial charge in [0.15, 0.2) is 0 Å². The highest BCUT2D eigenvalue weighted by Crippen LogP contribution is 2.27. The third kappa shape index (κ3) is 3.83. The zero-order valence-electron chi connectivity index (χ0n) is 14.7. The van der Waals surface area contributed by atoms with Crippen LogP contribution in [0.3, 0.4) is 0 Å². The molecule has 0 unspecified atom stereocenters. The summed E-state index contributed by atoms with van der Waals surface area (Å²) in [4.78, 5) is 22.9. The van der Waals surface area contributed by atoms with E-state index >= 15 is 0 Å². The van der Waals surface area contributed by atoms with Gasteiger partial charge in [-0.1, -0.05) is 12.1 Å². The molecule has 3 rings (SSSR count). The van der Waals surface area contributed by atoms with Crippen LogP contribution in [0, 0.1) is 17.0 Å². The Morgan fingerprint density at radius 3 is 3.00 bits per heavy atom. The third-order valence-electron chi connectivity index (χ3n) is 4.25. The summed E-state index contributed by atoms with van der Waals surface area (Å²) < 4.78 is 6.83. The average molecular weight is 359 g/mol. The van der Waals surface area contributed by atoms with E-state index in [9.17, 15) is 14.9 Å². The van der Waals surface area contributed by atoms with Crippen molar-refractivity contribution in [2.24, 2.45) is 7.05 Å². The largest absolute Gasteiger partial charge is 0.368 e. The fourth-order valence-corrected chi connectivity index (χ4v) is 3.02. The van der Waals surface area contributed by atoms with Crippen molar-refractivity contribution in [3.8, 4) is 0 Å². The summed E-state index contributed by atoms with van der Waals surface area (Å²) in [7, 11) is 1.65. The number of aromatic nitrogens is 2. The molecule has 0 spiro atoms. The van der Waals surface area contributed by atoms with Gasteiger partial charge in [0.25, 0.3) is 5.91 Å². The highest BCUT2D eigenvalue weighted by Gasteiger charge is 2.24. The lowest BCUT2D eigenvalue weighted by Crippen LogP contribution is -2.26. The molecule has 1 aliphatic rings. The van der Waals surface area contributed by atoms with E-state index in [1.165, 1.54) is 4.68 Å². The Labute approximate surface area is 150 Å². The molecule has 0 aliphatic carbocycles. The molecule has 1 saturated heterocycles. The van der Waals surface area contributed by atoms with Gasteiger partial charge in [-0.3, -0.25) is 14.9 Å². The van der Waals surface area contributed by atoms with Crippen LogP contribution in [0.1, 0.15) is 24.1 Å². The molecule has 1 amide bonds. The van der Waals surface area contributed by atoms with Gasteiger partial charge in [-0.25, -0.2) is 4.68 Å². The van der Waals surface area contributed by atoms with Crippen molar-refractivity contribution in [3.05, 3.63) is 45.6 Å². The van der Waals surface area contributed by atoms with E-state index in [0.717, 1.165) is 18.4 Å². The number of hydrogen-bond acceptors (Lipinski definition) is 6. The van der Waals surface area contributed by atoms with Crippen LogP contribution < -0.4 is 10.6 Å². The lowest BCUT2D eigenvalue weighted by atomic mass is 10.2. The summed E-state index contributed by atoms with van der Waals surface area (Å²) in [6, 6.07) is 7.33. The summed E-state index contributed by atoms with van der Waals surface area (Å²) in [5, 5.41) is 21.2. The van der Waals surface area contributed by atoms with Gasteiger partial charge < -0.3 is 15.4 Å². The lowest BCUT2D eigenvalue weighted by Gasteiger charge is -2.12. The van der Waals surface area contributed by atoms with Gasteiger partial charge in [-0.05, 0) is 37.5 Å². The number of nitrogens with zero attached hydrogens (tertiary/aromatic N) is 3. The second-order valence-corrected chi connectivity index (χ2v) is 6.21. The van der Waals surface area contributed by atoms with Crippen LogP contribution in [0.2, 0.25) is 0 Å². The van der Waals surface area contributed by atoms with Gasteiger partial charge >= 0.3 is 5.69 Å². The number of carbonyl (C=O) groups is 1. The SMILES string of the molecule is Cc1nn(C)c(NCc2cccc(NC(=O)[C@H]3CCCO3)c2)c1[N+](=O)[O-]. The molecule has 2 heterocycles. The molecule has 0 bridgehead atoms. The normalized spacial score (nSPS) is 16.5. The van der Waals surface area contributed by atoms with E-state index in [4.69, 9.17) is 4.74 Å². The molecule has 26 heavy (non-hydrogen) atoms. The molecule has 2 aromatic rings. The van der Waals surface area contributed by atoms with Gasteiger partial charge in [-0.15, -0.1) is 0 Å². The quantitative estimate of drug-likeness (QED) is 0.605. The minimum absolute atomic E-state index is 0.0321. The molecular formula is C17H21N5O4. The van der Waals surface area contributed by atoms with Crippen LogP contribution in [0.5, 0.6) is 0 Å². The maximum absolute atomic E-state index is 12.1. The van der Waals surface area contributed by atoms with Crippen molar-refractivity contribution >= 4 is 23.1 Å². The van der Waals surface area contributed by atoms with Gasteiger partial charge in [0, 0.05) is 25.9 Å². The molecule has 9 heteroatoms. The van der Waals surface area contributed by atoms with Crippen LogP contribution in [0.25, 0.3) is 0 Å². The zero-order chi connectivity index (χ0) is 18.7. The van der Waals surface area contributed by atoms with E-state index in [1.54, 1.807) is 20.0 Å². The topological polar surface area (TPSA) is 111 Å². The van der Waals surface area contributed by atoms with Gasteiger partial charge in [-0.2, -0.15) is 5.10 Å². The zero-order valence-corrected chi connectivity index (χ0v) is 14.7. The van der Waals surface area contributed by atoms with E-state index in [2.05, 4.69) is 15.7 Å². The standard InChI is InChI=1S/C17H21N5O4/c1-11-15(22(24)25)16(21(2)20-11)18-10-12-5-3-6-13(9-12)19-17(23)14-7-4-8-26-14/h3,5-6,9,14,18H,4,7-8,10H2,1-2H3,(H,19,23)/t14-/m1/s1. The van der Waals surface area contributed by atoms with Crippen molar-refractivity contribution in [1.29, 1.82) is 0 Å². The Bertz CT molecular complexity index is 827. The van der Waals surface area contributed by atoms with E-state index in [0.29, 0.717) is 30.4 Å². The van der Waals surface area contributed by atoms with Crippen LogP contribution in [0.4, 0.5) is 17.2 Å². The number of nitrogens with one attached hydrogen (secondary N) is 2. The third-order valence-corrected chi connectivity index (χ3v) is 4.25. The van der Waals surface area contributed by atoms with Gasteiger partial charge in [0.2, 0.25) is 5.82 Å². The smallest absolute Gasteiger partial charge is 0.333 e. The van der Waals surface area contributed by atoms with Crippen molar-refractivity contribution < 1.29 is 14.5 Å². The van der Waals surface area contributed by atoms with Crippen molar-refractivity contribution in [1.82, 2.24) is 9.78 Å². The first-order valence-corrected chi connectivity index (χ1v) is 8.39. The Balaban J connectivity index is 1.68. The van der Waals surface area contributed by atoms with Gasteiger partial charge in [0.1, 0.15) is 11.8 Å². The first-order chi connectivity index (χ1) is 12.5. The number of rotatable bonds is 6. The Morgan fingerprint density at radius 2 is 2.31 bits per heavy atom. The molecule has 2 N–H and O–H groups in total. The maximum atomic E-state index is 12.1. The summed E-state index contributed by atoms with van der Waals surface area (Å²) in [6.07, 6.45) is 1.23. The molecule has 0 radical (unpaired) electrons. The van der Waals surface area contributed by atoms with E-state index in [-0.39, 0.29) is 11.6 Å². The van der Waals surface area contributed by atoms with Crippen molar-refractivity contribution in [2.75, 3.05) is 17.2 Å². The Morgan fingerprint density at radius 1 is 1.50 bits per heavy atom. The lowest BCUT2D eigenvalue weighted by molar-refractivity contribution is -0.384. The number of hydrogen-bond donors (Lipinski definition) is 2. The Kier molecular flexibility index (Phi) is 5.17. The second-order valence-electron chi connectivity index (χ2n) is 6.21. The Hall–Kier alpha value is -2.94. The maximum Gasteiger partial charge on any atom is 0.333 e. The highest BCUT2D eigenvalue weighted by molar-refractivity contribution is 5.94. The van der Waals surface area contributed by atoms with Crippen LogP contribution in [-0.4, -0.2) is 33.3 Å². The molecule has 1 aliphatic heterocycles. The minimum Gasteiger partial charge on any atom is -0.368 e. The van der Waals surface area contributed by atoms with Crippen LogP contribution in [0.15, 0.2) is 24.3 Å². The summed E-state index contributed by atoms with van der Waals surface area (Å²) in [6.45, 7) is 2.58. The number of nitro groups is 1. The molecule has 1 atom stereocenters. The fourth-order valence-electron chi connectivity index (χ4n) is 3.02. The molecule has 9 nitrogen and oxygen atoms in total. The molecule has 0 saturated carbocycles. The predicted molar refractivity (Wildman–Crippen MR) is 96.0 cm³/mol. The summed E-state index contributed by atoms with van der Waals surface area (Å²) >= 11 is 0. The number of amides is 1. The first-order valence-electron chi connectivity index (χ1n) is 8.39. The number of carbonyl (C=O) groups excluding carboxylic acids is 1. The molecular weight excluding hydrogens is 338 g/mol. The highest BCUT2D eigenvalue weighted by atomic mass is 16.6. The van der Waals surface area contributed by atoms with Crippen LogP contribution >= 0.6 is 0 Å². The predicted octanol–water partition coefficient (Wildman–Crippen LogP) is 2.37. The number of benzene rings is 1. The van der Waals surface area contributed by atoms with E-state index in [1.807, 2.05) is 18.2 Å². The second kappa shape index (κ2) is 7.52. The summed E-state index contributed by atoms with van der Waals surface area (Å²) in [5.74, 6) is 0.201. The van der Waals surface area contributed by atoms with Gasteiger partial charge in [0.05, 0.1) is 4.92 Å². The minimum atomic E-state index is -0.442. The fraction of sp³-hybridized carbons (Fsp3) is 0.412. The molecule has 1 aromatic heterocycles. The van der Waals surface area contributed by atoms with Crippen molar-refractivity contribution in [3.63, 3.8) is 0 Å². The van der Waals surface area contributed by atoms with Crippen LogP contribution in [-0.2, 0) is 23.1 Å².